The molecule has 0 spiro atoms. The third-order valence-corrected chi connectivity index (χ3v) is 8.29. The van der Waals surface area contributed by atoms with Crippen LogP contribution in [0.5, 0.6) is 0 Å². The summed E-state index contributed by atoms with van der Waals surface area (Å²) in [4.78, 5) is 11.9. The van der Waals surface area contributed by atoms with Crippen LogP contribution in [0.4, 0.5) is 0 Å². The highest BCUT2D eigenvalue weighted by atomic mass is 35.5. The van der Waals surface area contributed by atoms with Gasteiger partial charge in [-0.15, -0.1) is 0 Å². The number of hydrogen-bond donors (Lipinski definition) is 0. The van der Waals surface area contributed by atoms with Gasteiger partial charge in [0.15, 0.2) is 5.78 Å². The highest BCUT2D eigenvalue weighted by Crippen LogP contribution is 2.64. The van der Waals surface area contributed by atoms with Crippen LogP contribution in [0.25, 0.3) is 0 Å². The van der Waals surface area contributed by atoms with Gasteiger partial charge >= 0.3 is 0 Å². The Morgan fingerprint density at radius 3 is 2.61 bits per heavy atom. The van der Waals surface area contributed by atoms with Crippen molar-refractivity contribution in [2.45, 2.75) is 65.2 Å². The molecule has 4 aliphatic rings. The zero-order valence-corrected chi connectivity index (χ0v) is 15.6. The first-order chi connectivity index (χ1) is 10.9. The normalized spacial score (nSPS) is 45.5. The second-order valence-corrected chi connectivity index (χ2v) is 9.33. The predicted octanol–water partition coefficient (Wildman–Crippen LogP) is 6.21. The van der Waals surface area contributed by atoms with Gasteiger partial charge in [0, 0.05) is 11.5 Å². The van der Waals surface area contributed by atoms with E-state index in [0.29, 0.717) is 22.8 Å². The maximum Gasteiger partial charge on any atom is 0.174 e. The van der Waals surface area contributed by atoms with Crippen molar-refractivity contribution in [3.05, 3.63) is 21.2 Å². The molecule has 0 aliphatic heterocycles. The van der Waals surface area contributed by atoms with E-state index in [4.69, 9.17) is 23.2 Å². The van der Waals surface area contributed by atoms with Crippen LogP contribution in [0.1, 0.15) is 65.2 Å². The van der Waals surface area contributed by atoms with Gasteiger partial charge in [-0.25, -0.2) is 0 Å². The molecule has 4 aliphatic carbocycles. The zero-order chi connectivity index (χ0) is 16.4. The van der Waals surface area contributed by atoms with Crippen LogP contribution in [-0.2, 0) is 4.79 Å². The Bertz CT molecular complexity index is 613. The highest BCUT2D eigenvalue weighted by molar-refractivity contribution is 6.43. The number of hydrogen-bond acceptors (Lipinski definition) is 1. The van der Waals surface area contributed by atoms with Gasteiger partial charge in [0.25, 0.3) is 0 Å². The van der Waals surface area contributed by atoms with E-state index in [-0.39, 0.29) is 5.78 Å². The lowest BCUT2D eigenvalue weighted by Crippen LogP contribution is -2.45. The van der Waals surface area contributed by atoms with Gasteiger partial charge in [0.1, 0.15) is 0 Å². The molecule has 0 radical (unpaired) electrons. The summed E-state index contributed by atoms with van der Waals surface area (Å²) in [6.45, 7) is 4.54. The molecular weight excluding hydrogens is 327 g/mol. The minimum atomic E-state index is 0.181. The maximum atomic E-state index is 11.9. The minimum Gasteiger partial charge on any atom is -0.293 e. The van der Waals surface area contributed by atoms with Gasteiger partial charge in [0.05, 0.1) is 5.03 Å². The van der Waals surface area contributed by atoms with E-state index in [0.717, 1.165) is 35.6 Å². The van der Waals surface area contributed by atoms with Crippen molar-refractivity contribution in [3.63, 3.8) is 0 Å². The molecule has 0 aromatic heterocycles. The Morgan fingerprint density at radius 1 is 1.09 bits per heavy atom. The average molecular weight is 353 g/mol. The number of carbonyl (C=O) groups is 1. The van der Waals surface area contributed by atoms with E-state index in [1.54, 1.807) is 0 Å². The van der Waals surface area contributed by atoms with Gasteiger partial charge in [-0.2, -0.15) is 0 Å². The van der Waals surface area contributed by atoms with Crippen molar-refractivity contribution < 1.29 is 4.79 Å². The van der Waals surface area contributed by atoms with Crippen LogP contribution in [0.2, 0.25) is 0 Å². The molecule has 126 valence electrons. The first-order valence-corrected chi connectivity index (χ1v) is 9.96. The van der Waals surface area contributed by atoms with E-state index in [1.165, 1.54) is 43.3 Å². The first kappa shape index (κ1) is 16.2. The molecule has 0 amide bonds. The minimum absolute atomic E-state index is 0.181. The largest absolute Gasteiger partial charge is 0.293 e. The van der Waals surface area contributed by atoms with Crippen molar-refractivity contribution in [1.29, 1.82) is 0 Å². The summed E-state index contributed by atoms with van der Waals surface area (Å²) in [5.74, 6) is 3.08. The van der Waals surface area contributed by atoms with E-state index in [9.17, 15) is 4.79 Å². The van der Waals surface area contributed by atoms with Crippen LogP contribution in [0.3, 0.4) is 0 Å². The van der Waals surface area contributed by atoms with Gasteiger partial charge in [-0.1, -0.05) is 30.1 Å². The quantitative estimate of drug-likeness (QED) is 0.506. The summed E-state index contributed by atoms with van der Waals surface area (Å²) in [6.07, 6.45) is 8.97. The predicted molar refractivity (Wildman–Crippen MR) is 95.4 cm³/mol. The third-order valence-electron chi connectivity index (χ3n) is 7.61. The Hall–Kier alpha value is -0.270. The zero-order valence-electron chi connectivity index (χ0n) is 14.1. The number of carbonyl (C=O) groups excluding carboxylic acids is 1. The SMILES string of the molecule is C/C(Cl)=C1\CC[C@H]2[C@@H]3CCC4=C(Cl)C(=O)CC[C@@H]4[C@H]3CC[C@]12C. The molecule has 23 heavy (non-hydrogen) atoms. The van der Waals surface area contributed by atoms with Crippen LogP contribution in [0, 0.1) is 29.1 Å². The number of rotatable bonds is 0. The molecule has 0 unspecified atom stereocenters. The van der Waals surface area contributed by atoms with Crippen LogP contribution < -0.4 is 0 Å². The number of allylic oxidation sites excluding steroid dienone is 3. The van der Waals surface area contributed by atoms with Gasteiger partial charge in [-0.05, 0) is 92.1 Å². The Morgan fingerprint density at radius 2 is 1.87 bits per heavy atom. The molecule has 3 saturated carbocycles. The average Bonchev–Trinajstić information content (AvgIpc) is 2.88. The lowest BCUT2D eigenvalue weighted by molar-refractivity contribution is -0.116. The summed E-state index contributed by atoms with van der Waals surface area (Å²) >= 11 is 12.8. The molecule has 3 heteroatoms. The maximum absolute atomic E-state index is 11.9. The summed E-state index contributed by atoms with van der Waals surface area (Å²) < 4.78 is 0. The van der Waals surface area contributed by atoms with Crippen molar-refractivity contribution >= 4 is 29.0 Å². The number of Topliss-reactive ketones (excluding diaryl/α,β-unsaturated/α-hetero) is 1. The van der Waals surface area contributed by atoms with Crippen molar-refractivity contribution in [2.75, 3.05) is 0 Å². The van der Waals surface area contributed by atoms with Gasteiger partial charge in [-0.3, -0.25) is 4.79 Å². The molecule has 0 heterocycles. The Labute approximate surface area is 149 Å². The molecule has 0 N–H and O–H groups in total. The lowest BCUT2D eigenvalue weighted by atomic mass is 9.52. The van der Waals surface area contributed by atoms with E-state index >= 15 is 0 Å². The molecule has 3 fully saturated rings. The van der Waals surface area contributed by atoms with E-state index in [2.05, 4.69) is 13.8 Å². The van der Waals surface area contributed by atoms with Gasteiger partial charge < -0.3 is 0 Å². The smallest absolute Gasteiger partial charge is 0.174 e. The fourth-order valence-corrected chi connectivity index (χ4v) is 7.25. The molecule has 4 rings (SSSR count). The molecule has 1 nitrogen and oxygen atoms in total. The van der Waals surface area contributed by atoms with Crippen molar-refractivity contribution in [2.24, 2.45) is 29.1 Å². The number of fused-ring (bicyclic) bond motifs is 5. The van der Waals surface area contributed by atoms with E-state index in [1.807, 2.05) is 0 Å². The first-order valence-electron chi connectivity index (χ1n) is 9.21. The van der Waals surface area contributed by atoms with Crippen molar-refractivity contribution in [3.8, 4) is 0 Å². The standard InChI is InChI=1S/C20H26Cl2O/c1-11(21)16-6-7-17-14-3-4-15-12(5-8-18(23)19(15)22)13(14)9-10-20(16,17)2/h12-14,17H,3-10H2,1-2H3/b16-11-/t12-,13-,14-,17+,20-/m1/s1. The van der Waals surface area contributed by atoms with Crippen LogP contribution in [0.15, 0.2) is 21.2 Å². The molecule has 5 atom stereocenters. The fraction of sp³-hybridized carbons (Fsp3) is 0.750. The fourth-order valence-electron chi connectivity index (χ4n) is 6.61. The van der Waals surface area contributed by atoms with Crippen LogP contribution in [-0.4, -0.2) is 5.78 Å². The number of halogens is 2. The summed E-state index contributed by atoms with van der Waals surface area (Å²) in [6, 6.07) is 0. The molecule has 0 saturated heterocycles. The number of ketones is 1. The summed E-state index contributed by atoms with van der Waals surface area (Å²) in [5.41, 5.74) is 3.15. The second-order valence-electron chi connectivity index (χ2n) is 8.39. The van der Waals surface area contributed by atoms with Crippen molar-refractivity contribution in [1.82, 2.24) is 0 Å². The van der Waals surface area contributed by atoms with Gasteiger partial charge in [0.2, 0.25) is 0 Å². The molecular formula is C20H26Cl2O. The molecule has 0 aromatic carbocycles. The second kappa shape index (κ2) is 5.63. The van der Waals surface area contributed by atoms with Crippen LogP contribution >= 0.6 is 23.2 Å². The summed E-state index contributed by atoms with van der Waals surface area (Å²) in [5, 5.41) is 1.63. The van der Waals surface area contributed by atoms with E-state index < -0.39 is 0 Å². The summed E-state index contributed by atoms with van der Waals surface area (Å²) in [7, 11) is 0. The lowest BCUT2D eigenvalue weighted by Gasteiger charge is -2.53. The third kappa shape index (κ3) is 2.29. The molecule has 0 bridgehead atoms. The topological polar surface area (TPSA) is 17.1 Å². The highest BCUT2D eigenvalue weighted by Gasteiger charge is 2.55. The Balaban J connectivity index is 1.67. The monoisotopic (exact) mass is 352 g/mol. The molecule has 0 aromatic rings. The Kier molecular flexibility index (Phi) is 3.97.